The lowest BCUT2D eigenvalue weighted by molar-refractivity contribution is -0.142. The summed E-state index contributed by atoms with van der Waals surface area (Å²) < 4.78 is 0. The third-order valence-electron chi connectivity index (χ3n) is 4.56. The van der Waals surface area contributed by atoms with Crippen LogP contribution in [-0.2, 0) is 27.2 Å². The van der Waals surface area contributed by atoms with E-state index in [-0.39, 0.29) is 12.3 Å². The third kappa shape index (κ3) is 7.32. The van der Waals surface area contributed by atoms with Gasteiger partial charge >= 0.3 is 5.97 Å². The van der Waals surface area contributed by atoms with Crippen molar-refractivity contribution in [3.05, 3.63) is 54.1 Å². The molecule has 1 heterocycles. The van der Waals surface area contributed by atoms with Crippen molar-refractivity contribution in [1.82, 2.24) is 20.6 Å². The number of rotatable bonds is 11. The number of benzene rings is 1. The number of carbonyl (C=O) groups excluding carboxylic acids is 2. The predicted molar refractivity (Wildman–Crippen MR) is 111 cm³/mol. The summed E-state index contributed by atoms with van der Waals surface area (Å²) in [6.07, 6.45) is 3.72. The van der Waals surface area contributed by atoms with E-state index >= 15 is 0 Å². The molecule has 1 aromatic heterocycles. The lowest BCUT2D eigenvalue weighted by Gasteiger charge is -2.24. The predicted octanol–water partition coefficient (Wildman–Crippen LogP) is 0.623. The van der Waals surface area contributed by atoms with Crippen LogP contribution >= 0.6 is 0 Å². The number of nitrogens with one attached hydrogen (secondary N) is 3. The maximum Gasteiger partial charge on any atom is 0.326 e. The molecule has 0 bridgehead atoms. The molecular formula is C21H29N5O4. The summed E-state index contributed by atoms with van der Waals surface area (Å²) in [5, 5.41) is 14.6. The van der Waals surface area contributed by atoms with Crippen LogP contribution in [-0.4, -0.2) is 51.0 Å². The number of imidazole rings is 1. The van der Waals surface area contributed by atoms with E-state index in [0.717, 1.165) is 5.56 Å². The monoisotopic (exact) mass is 415 g/mol. The Hall–Kier alpha value is -3.20. The largest absolute Gasteiger partial charge is 0.480 e. The number of aliphatic carboxylic acids is 1. The van der Waals surface area contributed by atoms with Crippen LogP contribution in [0.25, 0.3) is 0 Å². The number of carbonyl (C=O) groups is 3. The summed E-state index contributed by atoms with van der Waals surface area (Å²) in [5.41, 5.74) is 7.44. The molecule has 9 heteroatoms. The first kappa shape index (κ1) is 23.1. The van der Waals surface area contributed by atoms with Crippen LogP contribution < -0.4 is 16.4 Å². The second kappa shape index (κ2) is 11.1. The fraction of sp³-hybridized carbons (Fsp3) is 0.429. The molecule has 0 aliphatic rings. The van der Waals surface area contributed by atoms with E-state index in [4.69, 9.17) is 5.73 Å². The SMILES string of the molecule is CC(C)C[C@H](NC(=O)[C@@H](N)Cc1ccccc1)C(=O)N[C@@H](Cc1c[nH]cn1)C(=O)O. The molecule has 0 spiro atoms. The molecule has 0 radical (unpaired) electrons. The molecule has 162 valence electrons. The van der Waals surface area contributed by atoms with Gasteiger partial charge in [0.2, 0.25) is 11.8 Å². The van der Waals surface area contributed by atoms with Crippen molar-refractivity contribution in [3.8, 4) is 0 Å². The van der Waals surface area contributed by atoms with Gasteiger partial charge in [-0.3, -0.25) is 9.59 Å². The lowest BCUT2D eigenvalue weighted by atomic mass is 10.0. The van der Waals surface area contributed by atoms with Crippen molar-refractivity contribution >= 4 is 17.8 Å². The molecule has 30 heavy (non-hydrogen) atoms. The Morgan fingerprint density at radius 3 is 2.30 bits per heavy atom. The van der Waals surface area contributed by atoms with E-state index in [2.05, 4.69) is 20.6 Å². The van der Waals surface area contributed by atoms with Crippen molar-refractivity contribution in [1.29, 1.82) is 0 Å². The Kier molecular flexibility index (Phi) is 8.54. The molecule has 3 atom stereocenters. The molecule has 0 fully saturated rings. The van der Waals surface area contributed by atoms with Crippen LogP contribution in [0.15, 0.2) is 42.9 Å². The Labute approximate surface area is 175 Å². The molecule has 9 nitrogen and oxygen atoms in total. The highest BCUT2D eigenvalue weighted by Gasteiger charge is 2.29. The number of amides is 2. The molecule has 2 amide bonds. The first-order valence-electron chi connectivity index (χ1n) is 9.87. The van der Waals surface area contributed by atoms with Crippen LogP contribution in [0.1, 0.15) is 31.5 Å². The first-order valence-corrected chi connectivity index (χ1v) is 9.87. The van der Waals surface area contributed by atoms with Gasteiger partial charge < -0.3 is 26.5 Å². The van der Waals surface area contributed by atoms with Crippen LogP contribution in [0.3, 0.4) is 0 Å². The minimum Gasteiger partial charge on any atom is -0.480 e. The van der Waals surface area contributed by atoms with Gasteiger partial charge in [-0.05, 0) is 24.3 Å². The van der Waals surface area contributed by atoms with Crippen LogP contribution in [0.4, 0.5) is 0 Å². The van der Waals surface area contributed by atoms with Crippen LogP contribution in [0, 0.1) is 5.92 Å². The highest BCUT2D eigenvalue weighted by molar-refractivity contribution is 5.91. The normalized spacial score (nSPS) is 14.0. The van der Waals surface area contributed by atoms with Gasteiger partial charge in [0.1, 0.15) is 12.1 Å². The van der Waals surface area contributed by atoms with E-state index in [1.54, 1.807) is 6.20 Å². The van der Waals surface area contributed by atoms with Crippen molar-refractivity contribution < 1.29 is 19.5 Å². The maximum atomic E-state index is 12.8. The summed E-state index contributed by atoms with van der Waals surface area (Å²) in [6.45, 7) is 3.82. The average molecular weight is 415 g/mol. The number of carboxylic acids is 1. The minimum absolute atomic E-state index is 0.0282. The highest BCUT2D eigenvalue weighted by atomic mass is 16.4. The molecule has 0 unspecified atom stereocenters. The zero-order valence-electron chi connectivity index (χ0n) is 17.2. The highest BCUT2D eigenvalue weighted by Crippen LogP contribution is 2.08. The number of nitrogens with zero attached hydrogens (tertiary/aromatic N) is 1. The number of aromatic nitrogens is 2. The van der Waals surface area contributed by atoms with Crippen LogP contribution in [0.5, 0.6) is 0 Å². The summed E-state index contributed by atoms with van der Waals surface area (Å²) in [5.74, 6) is -2.10. The van der Waals surface area contributed by atoms with Gasteiger partial charge in [0.25, 0.3) is 0 Å². The van der Waals surface area contributed by atoms with Gasteiger partial charge in [0.15, 0.2) is 0 Å². The van der Waals surface area contributed by atoms with E-state index in [0.29, 0.717) is 18.5 Å². The second-order valence-corrected chi connectivity index (χ2v) is 7.65. The van der Waals surface area contributed by atoms with E-state index in [1.165, 1.54) is 6.33 Å². The number of hydrogen-bond donors (Lipinski definition) is 5. The fourth-order valence-electron chi connectivity index (χ4n) is 3.03. The van der Waals surface area contributed by atoms with Crippen molar-refractivity contribution in [2.24, 2.45) is 11.7 Å². The van der Waals surface area contributed by atoms with Gasteiger partial charge in [-0.2, -0.15) is 0 Å². The molecule has 0 aliphatic heterocycles. The number of aromatic amines is 1. The lowest BCUT2D eigenvalue weighted by Crippen LogP contribution is -2.55. The van der Waals surface area contributed by atoms with Gasteiger partial charge in [-0.15, -0.1) is 0 Å². The van der Waals surface area contributed by atoms with E-state index < -0.39 is 35.9 Å². The Bertz CT molecular complexity index is 823. The topological polar surface area (TPSA) is 150 Å². The Morgan fingerprint density at radius 2 is 1.73 bits per heavy atom. The summed E-state index contributed by atoms with van der Waals surface area (Å²) in [7, 11) is 0. The van der Waals surface area contributed by atoms with E-state index in [1.807, 2.05) is 44.2 Å². The summed E-state index contributed by atoms with van der Waals surface area (Å²) in [4.78, 5) is 43.7. The van der Waals surface area contributed by atoms with Gasteiger partial charge in [0, 0.05) is 12.6 Å². The number of hydrogen-bond acceptors (Lipinski definition) is 5. The average Bonchev–Trinajstić information content (AvgIpc) is 3.20. The van der Waals surface area contributed by atoms with Crippen LogP contribution in [0.2, 0.25) is 0 Å². The Morgan fingerprint density at radius 1 is 1.07 bits per heavy atom. The van der Waals surface area contributed by atoms with E-state index in [9.17, 15) is 19.5 Å². The summed E-state index contributed by atoms with van der Waals surface area (Å²) in [6, 6.07) is 6.47. The molecule has 1 aromatic carbocycles. The second-order valence-electron chi connectivity index (χ2n) is 7.65. The molecule has 2 aromatic rings. The molecular weight excluding hydrogens is 386 g/mol. The third-order valence-corrected chi connectivity index (χ3v) is 4.56. The maximum absolute atomic E-state index is 12.8. The van der Waals surface area contributed by atoms with Gasteiger partial charge in [0.05, 0.1) is 18.1 Å². The molecule has 6 N–H and O–H groups in total. The standard InChI is InChI=1S/C21H29N5O4/c1-13(2)8-17(25-19(27)16(22)9-14-6-4-3-5-7-14)20(28)26-18(21(29)30)10-15-11-23-12-24-15/h3-7,11-13,16-18H,8-10,22H2,1-2H3,(H,23,24)(H,25,27)(H,26,28)(H,29,30)/t16-,17-,18-/m0/s1. The van der Waals surface area contributed by atoms with Gasteiger partial charge in [-0.25, -0.2) is 9.78 Å². The smallest absolute Gasteiger partial charge is 0.326 e. The molecule has 0 aliphatic carbocycles. The number of nitrogens with two attached hydrogens (primary N) is 1. The van der Waals surface area contributed by atoms with Gasteiger partial charge in [-0.1, -0.05) is 44.2 Å². The van der Waals surface area contributed by atoms with Crippen molar-refractivity contribution in [2.45, 2.75) is 51.2 Å². The minimum atomic E-state index is -1.18. The molecule has 0 saturated carbocycles. The van der Waals surface area contributed by atoms with Crippen molar-refractivity contribution in [2.75, 3.05) is 0 Å². The number of carboxylic acid groups (broad SMARTS) is 1. The summed E-state index contributed by atoms with van der Waals surface area (Å²) >= 11 is 0. The first-order chi connectivity index (χ1) is 14.3. The molecule has 2 rings (SSSR count). The zero-order valence-corrected chi connectivity index (χ0v) is 17.2. The van der Waals surface area contributed by atoms with Crippen molar-refractivity contribution in [3.63, 3.8) is 0 Å². The number of H-pyrrole nitrogens is 1. The Balaban J connectivity index is 2.02. The quantitative estimate of drug-likeness (QED) is 0.363. The molecule has 0 saturated heterocycles. The zero-order chi connectivity index (χ0) is 22.1. The fourth-order valence-corrected chi connectivity index (χ4v) is 3.03.